The first kappa shape index (κ1) is 85.9. The molecule has 0 aliphatic heterocycles. The summed E-state index contributed by atoms with van der Waals surface area (Å²) in [6, 6.07) is 202. The summed E-state index contributed by atoms with van der Waals surface area (Å²) in [5.41, 5.74) is 40.0. The lowest BCUT2D eigenvalue weighted by atomic mass is 9.98. The molecule has 7 heterocycles. The summed E-state index contributed by atoms with van der Waals surface area (Å²) in [4.78, 5) is 0. The summed E-state index contributed by atoms with van der Waals surface area (Å²) in [6.45, 7) is 0. The molecule has 0 amide bonds. The van der Waals surface area contributed by atoms with Crippen molar-refractivity contribution in [2.45, 2.75) is 0 Å². The van der Waals surface area contributed by atoms with Crippen LogP contribution in [0.1, 0.15) is 0 Å². The van der Waals surface area contributed by atoms with Crippen molar-refractivity contribution < 1.29 is 4.42 Å². The van der Waals surface area contributed by atoms with Crippen LogP contribution in [0.15, 0.2) is 563 Å². The van der Waals surface area contributed by atoms with Crippen molar-refractivity contribution in [1.29, 1.82) is 0 Å². The summed E-state index contributed by atoms with van der Waals surface area (Å²) >= 11 is 0. The van der Waals surface area contributed by atoms with Crippen molar-refractivity contribution >= 4 is 164 Å². The number of fused-ring (bicyclic) bond motifs is 22. The van der Waals surface area contributed by atoms with E-state index in [9.17, 15) is 0 Å². The van der Waals surface area contributed by atoms with E-state index in [0.29, 0.717) is 0 Å². The molecule has 0 spiro atoms. The van der Waals surface area contributed by atoms with Gasteiger partial charge in [-0.2, -0.15) is 0 Å². The molecule has 0 radical (unpaired) electrons. The Morgan fingerprint density at radius 3 is 0.832 bits per heavy atom. The Kier molecular flexibility index (Phi) is 20.5. The predicted molar refractivity (Wildman–Crippen MR) is 628 cm³/mol. The number of para-hydroxylation sites is 11. The van der Waals surface area contributed by atoms with Crippen LogP contribution in [-0.2, 0) is 0 Å². The van der Waals surface area contributed by atoms with Gasteiger partial charge in [0.05, 0.1) is 71.9 Å². The van der Waals surface area contributed by atoms with Gasteiger partial charge >= 0.3 is 0 Å². The van der Waals surface area contributed by atoms with Crippen LogP contribution >= 0.6 is 0 Å². The minimum atomic E-state index is 0.912. The Hall–Kier alpha value is -19.9. The van der Waals surface area contributed by atoms with Gasteiger partial charge in [-0.05, 0) is 266 Å². The maximum atomic E-state index is 6.43. The maximum absolute atomic E-state index is 6.43. The molecular weight excluding hydrogens is 1810 g/mol. The third kappa shape index (κ3) is 14.6. The van der Waals surface area contributed by atoms with E-state index in [0.717, 1.165) is 44.4 Å². The molecule has 696 valence electrons. The molecule has 0 aliphatic carbocycles. The lowest BCUT2D eigenvalue weighted by Gasteiger charge is -2.14. The van der Waals surface area contributed by atoms with Crippen LogP contribution in [0, 0.1) is 0 Å². The molecule has 0 saturated carbocycles. The molecule has 0 unspecified atom stereocenters. The summed E-state index contributed by atoms with van der Waals surface area (Å²) < 4.78 is 20.8. The first-order valence-electron chi connectivity index (χ1n) is 51.1. The van der Waals surface area contributed by atoms with Crippen LogP contribution in [0.25, 0.3) is 276 Å². The second kappa shape index (κ2) is 35.6. The fraction of sp³-hybridized carbons (Fsp3) is 0. The third-order valence-corrected chi connectivity index (χ3v) is 30.5. The van der Waals surface area contributed by atoms with Crippen molar-refractivity contribution in [2.24, 2.45) is 0 Å². The largest absolute Gasteiger partial charge is 0.455 e. The summed E-state index contributed by atoms with van der Waals surface area (Å²) in [6.07, 6.45) is 0. The monoisotopic (exact) mass is 1900 g/mol. The van der Waals surface area contributed by atoms with Crippen LogP contribution < -0.4 is 0 Å². The van der Waals surface area contributed by atoms with E-state index in [1.807, 2.05) is 12.1 Å². The number of hydrogen-bond donors (Lipinski definition) is 0. The third-order valence-electron chi connectivity index (χ3n) is 30.5. The van der Waals surface area contributed by atoms with Crippen LogP contribution in [0.4, 0.5) is 0 Å². The maximum Gasteiger partial charge on any atom is 0.143 e. The average Bonchev–Trinajstić information content (AvgIpc) is 1.41. The standard InChI is InChI=1S/C48H30N2O.C48H32N2.C46H30N2/c1-2-13-34(14-3-1)49-43-21-7-4-16-37(43)41-29-31(24-26-45(41)49)32-25-27-46-42(30-32)38-17-5-8-22-44(38)50(46)35-15-10-12-33(28-35)36-19-11-20-40-39-18-6-9-23-47(39)51-48(36)40;1-4-14-33(15-5-1)37-28-38(34-16-6-2-7-17-34)30-40(29-37)50-46-23-13-11-21-42(46)44-32-36(25-27-48(44)50)35-24-26-47-43(31-35)41-20-10-12-22-45(41)49(47)39-18-8-3-9-19-39;1-2-13-32(14-3-1)37-16-6-9-19-42(37)48-44-21-11-8-18-39(44)41-30-35(24-27-46(41)48)34-23-26-45-40(29-34)38-17-7-10-20-43(38)47(45)36-25-22-31-12-4-5-15-33(31)28-36/h1-30H;1-32H;1-30H. The van der Waals surface area contributed by atoms with Gasteiger partial charge in [0.15, 0.2) is 0 Å². The summed E-state index contributed by atoms with van der Waals surface area (Å²) in [7, 11) is 0. The molecule has 0 aliphatic rings. The van der Waals surface area contributed by atoms with Crippen molar-refractivity contribution in [3.63, 3.8) is 0 Å². The van der Waals surface area contributed by atoms with Gasteiger partial charge in [-0.15, -0.1) is 0 Å². The van der Waals surface area contributed by atoms with Gasteiger partial charge in [-0.3, -0.25) is 0 Å². The van der Waals surface area contributed by atoms with Gasteiger partial charge in [0, 0.05) is 115 Å². The van der Waals surface area contributed by atoms with Crippen LogP contribution in [0.2, 0.25) is 0 Å². The molecule has 7 aromatic heterocycles. The number of nitrogens with zero attached hydrogens (tertiary/aromatic N) is 6. The van der Waals surface area contributed by atoms with E-state index in [1.165, 1.54) is 231 Å². The Morgan fingerprint density at radius 1 is 0.121 bits per heavy atom. The van der Waals surface area contributed by atoms with E-state index < -0.39 is 0 Å². The highest BCUT2D eigenvalue weighted by molar-refractivity contribution is 6.18. The number of rotatable bonds is 13. The molecule has 149 heavy (non-hydrogen) atoms. The smallest absolute Gasteiger partial charge is 0.143 e. The lowest BCUT2D eigenvalue weighted by molar-refractivity contribution is 0.670. The zero-order valence-corrected chi connectivity index (χ0v) is 81.2. The topological polar surface area (TPSA) is 42.7 Å². The molecule has 7 nitrogen and oxygen atoms in total. The highest BCUT2D eigenvalue weighted by Gasteiger charge is 2.25. The van der Waals surface area contributed by atoms with Crippen LogP contribution in [0.3, 0.4) is 0 Å². The minimum Gasteiger partial charge on any atom is -0.455 e. The lowest BCUT2D eigenvalue weighted by Crippen LogP contribution is -1.97. The van der Waals surface area contributed by atoms with E-state index in [-0.39, 0.29) is 0 Å². The second-order valence-corrected chi connectivity index (χ2v) is 38.9. The molecule has 31 rings (SSSR count). The van der Waals surface area contributed by atoms with Crippen molar-refractivity contribution in [2.75, 3.05) is 0 Å². The molecule has 31 aromatic rings. The van der Waals surface area contributed by atoms with Crippen molar-refractivity contribution in [3.8, 4) is 112 Å². The SMILES string of the molecule is c1ccc(-c2cc(-c3ccccc3)cc(-n3c4ccccc4c4cc(-c5ccc6c(c5)c5ccccc5n6-c5ccccc5)ccc43)c2)cc1.c1ccc(-c2ccccc2-n2c3ccccc3c3cc(-c4ccc5c(c4)c4ccccc4n5-c4ccc5ccccc5c4)ccc32)cc1.c1ccc(-n2c3ccccc3c3cc(-c4ccc5c(c4)c4ccccc4n5-c4cccc(-c5cccc6c5oc5ccccc56)c4)ccc32)cc1. The van der Waals surface area contributed by atoms with Gasteiger partial charge in [-0.1, -0.05) is 370 Å². The molecule has 0 fully saturated rings. The summed E-state index contributed by atoms with van der Waals surface area (Å²) in [5, 5.41) is 19.8. The molecule has 24 aromatic carbocycles. The molecule has 7 heteroatoms. The normalized spacial score (nSPS) is 11.8. The molecule has 0 N–H and O–H groups in total. The molecule has 0 bridgehead atoms. The first-order chi connectivity index (χ1) is 73.9. The number of hydrogen-bond acceptors (Lipinski definition) is 1. The quantitative estimate of drug-likeness (QED) is 0.113. The Morgan fingerprint density at radius 2 is 0.403 bits per heavy atom. The zero-order chi connectivity index (χ0) is 98.1. The Labute approximate surface area is 859 Å². The van der Waals surface area contributed by atoms with Crippen molar-refractivity contribution in [3.05, 3.63) is 558 Å². The van der Waals surface area contributed by atoms with Crippen LogP contribution in [-0.4, -0.2) is 27.4 Å². The fourth-order valence-corrected chi connectivity index (χ4v) is 23.7. The Bertz CT molecular complexity index is 10700. The Balaban J connectivity index is 0.000000105. The number of aromatic nitrogens is 6. The van der Waals surface area contributed by atoms with E-state index in [1.54, 1.807) is 0 Å². The van der Waals surface area contributed by atoms with Gasteiger partial charge in [0.25, 0.3) is 0 Å². The van der Waals surface area contributed by atoms with Gasteiger partial charge in [-0.25, -0.2) is 0 Å². The minimum absolute atomic E-state index is 0.912. The average molecular weight is 1900 g/mol. The summed E-state index contributed by atoms with van der Waals surface area (Å²) in [5.74, 6) is 0. The molecule has 0 atom stereocenters. The van der Waals surface area contributed by atoms with E-state index >= 15 is 0 Å². The van der Waals surface area contributed by atoms with Crippen molar-refractivity contribution in [1.82, 2.24) is 27.4 Å². The van der Waals surface area contributed by atoms with E-state index in [2.05, 4.69) is 573 Å². The first-order valence-corrected chi connectivity index (χ1v) is 51.1. The van der Waals surface area contributed by atoms with E-state index in [4.69, 9.17) is 4.42 Å². The highest BCUT2D eigenvalue weighted by atomic mass is 16.3. The van der Waals surface area contributed by atoms with Gasteiger partial charge < -0.3 is 31.8 Å². The predicted octanol–water partition coefficient (Wildman–Crippen LogP) is 38.4. The zero-order valence-electron chi connectivity index (χ0n) is 81.2. The number of benzene rings is 24. The second-order valence-electron chi connectivity index (χ2n) is 38.9. The molecular formula is C142H92N6O. The molecule has 0 saturated heterocycles. The highest BCUT2D eigenvalue weighted by Crippen LogP contribution is 2.48. The van der Waals surface area contributed by atoms with Gasteiger partial charge in [0.1, 0.15) is 11.2 Å². The number of furan rings is 1. The van der Waals surface area contributed by atoms with Crippen LogP contribution in [0.5, 0.6) is 0 Å². The fourth-order valence-electron chi connectivity index (χ4n) is 23.7. The van der Waals surface area contributed by atoms with Gasteiger partial charge in [0.2, 0.25) is 0 Å².